The second-order valence-electron chi connectivity index (χ2n) is 7.84. The van der Waals surface area contributed by atoms with Crippen LogP contribution < -0.4 is 15.3 Å². The number of hydrogen-bond donors (Lipinski definition) is 0. The number of ether oxygens (including phenoxy) is 2. The van der Waals surface area contributed by atoms with Gasteiger partial charge in [-0.3, -0.25) is 9.13 Å². The third-order valence-electron chi connectivity index (χ3n) is 5.84. The number of nitrogens with zero attached hydrogens (tertiary/aromatic N) is 6. The lowest BCUT2D eigenvalue weighted by Gasteiger charge is -2.30. The zero-order valence-electron chi connectivity index (χ0n) is 18.7. The highest BCUT2D eigenvalue weighted by Crippen LogP contribution is 2.37. The Morgan fingerprint density at radius 2 is 1.94 bits per heavy atom. The first kappa shape index (κ1) is 20.7. The summed E-state index contributed by atoms with van der Waals surface area (Å²) in [4.78, 5) is 39.3. The SMILES string of the molecule is COC(=O)c1ccc(-c2ncc3c(n2)OCCN3c2cc(C)c3c(c2)n(C)c(=O)n3C)cn1. The monoisotopic (exact) mass is 446 g/mol. The Hall–Kier alpha value is -4.21. The maximum atomic E-state index is 12.4. The van der Waals surface area contributed by atoms with Crippen molar-refractivity contribution in [2.24, 2.45) is 14.1 Å². The van der Waals surface area contributed by atoms with Crippen LogP contribution in [0.5, 0.6) is 5.88 Å². The molecule has 0 saturated heterocycles. The highest BCUT2D eigenvalue weighted by Gasteiger charge is 2.24. The molecule has 5 rings (SSSR count). The van der Waals surface area contributed by atoms with Crippen molar-refractivity contribution in [3.05, 3.63) is 58.4 Å². The van der Waals surface area contributed by atoms with Crippen molar-refractivity contribution < 1.29 is 14.3 Å². The van der Waals surface area contributed by atoms with Gasteiger partial charge in [-0.15, -0.1) is 0 Å². The summed E-state index contributed by atoms with van der Waals surface area (Å²) in [5, 5.41) is 0. The summed E-state index contributed by atoms with van der Waals surface area (Å²) in [5.41, 5.74) is 5.26. The van der Waals surface area contributed by atoms with E-state index in [1.165, 1.54) is 13.3 Å². The standard InChI is InChI=1S/C23H22N6O4/c1-13-9-15(10-17-19(13)28(3)23(31)27(17)2)29-7-8-33-21-18(29)12-25-20(26-21)14-5-6-16(24-11-14)22(30)32-4/h5-6,9-12H,7-8H2,1-4H3. The molecule has 1 aliphatic heterocycles. The molecular weight excluding hydrogens is 424 g/mol. The molecule has 4 heterocycles. The largest absolute Gasteiger partial charge is 0.474 e. The summed E-state index contributed by atoms with van der Waals surface area (Å²) in [6.07, 6.45) is 3.25. The van der Waals surface area contributed by atoms with Crippen LogP contribution in [0.4, 0.5) is 11.4 Å². The summed E-state index contributed by atoms with van der Waals surface area (Å²) < 4.78 is 13.8. The van der Waals surface area contributed by atoms with Gasteiger partial charge >= 0.3 is 11.7 Å². The minimum absolute atomic E-state index is 0.0626. The lowest BCUT2D eigenvalue weighted by atomic mass is 10.1. The maximum absolute atomic E-state index is 12.4. The number of rotatable bonds is 3. The number of aromatic nitrogens is 5. The molecule has 10 heteroatoms. The fraction of sp³-hybridized carbons (Fsp3) is 0.261. The molecule has 0 bridgehead atoms. The number of hydrogen-bond acceptors (Lipinski definition) is 8. The summed E-state index contributed by atoms with van der Waals surface area (Å²) in [5.74, 6) is 0.398. The molecule has 4 aromatic rings. The molecule has 0 spiro atoms. The number of benzene rings is 1. The molecule has 33 heavy (non-hydrogen) atoms. The number of carbonyl (C=O) groups is 1. The van der Waals surface area contributed by atoms with E-state index in [9.17, 15) is 9.59 Å². The highest BCUT2D eigenvalue weighted by molar-refractivity contribution is 5.87. The van der Waals surface area contributed by atoms with Gasteiger partial charge in [0.25, 0.3) is 0 Å². The molecule has 0 unspecified atom stereocenters. The van der Waals surface area contributed by atoms with E-state index in [0.717, 1.165) is 28.0 Å². The number of imidazole rings is 1. The molecule has 0 N–H and O–H groups in total. The summed E-state index contributed by atoms with van der Waals surface area (Å²) >= 11 is 0. The average Bonchev–Trinajstić information content (AvgIpc) is 3.07. The average molecular weight is 446 g/mol. The summed E-state index contributed by atoms with van der Waals surface area (Å²) in [6, 6.07) is 7.34. The van der Waals surface area contributed by atoms with Gasteiger partial charge in [0.05, 0.1) is 30.9 Å². The smallest absolute Gasteiger partial charge is 0.356 e. The van der Waals surface area contributed by atoms with Gasteiger partial charge < -0.3 is 14.4 Å². The third-order valence-corrected chi connectivity index (χ3v) is 5.84. The third kappa shape index (κ3) is 3.30. The fourth-order valence-corrected chi connectivity index (χ4v) is 4.18. The van der Waals surface area contributed by atoms with E-state index in [1.54, 1.807) is 41.6 Å². The van der Waals surface area contributed by atoms with Crippen LogP contribution in [0, 0.1) is 6.92 Å². The Kier molecular flexibility index (Phi) is 4.85. The van der Waals surface area contributed by atoms with E-state index in [0.29, 0.717) is 30.4 Å². The maximum Gasteiger partial charge on any atom is 0.356 e. The van der Waals surface area contributed by atoms with Crippen molar-refractivity contribution in [1.29, 1.82) is 0 Å². The van der Waals surface area contributed by atoms with Crippen molar-refractivity contribution in [3.8, 4) is 17.3 Å². The van der Waals surface area contributed by atoms with Gasteiger partial charge in [0.2, 0.25) is 5.88 Å². The first-order valence-corrected chi connectivity index (χ1v) is 10.4. The highest BCUT2D eigenvalue weighted by atomic mass is 16.5. The van der Waals surface area contributed by atoms with Gasteiger partial charge in [0, 0.05) is 31.5 Å². The summed E-state index contributed by atoms with van der Waals surface area (Å²) in [7, 11) is 4.86. The number of aryl methyl sites for hydroxylation is 3. The second-order valence-corrected chi connectivity index (χ2v) is 7.84. The van der Waals surface area contributed by atoms with E-state index in [2.05, 4.69) is 30.7 Å². The topological polar surface area (TPSA) is 104 Å². The van der Waals surface area contributed by atoms with Crippen LogP contribution >= 0.6 is 0 Å². The Bertz CT molecular complexity index is 1450. The minimum Gasteiger partial charge on any atom is -0.474 e. The van der Waals surface area contributed by atoms with Crippen molar-refractivity contribution in [1.82, 2.24) is 24.1 Å². The Balaban J connectivity index is 1.54. The number of pyridine rings is 1. The van der Waals surface area contributed by atoms with Gasteiger partial charge in [-0.05, 0) is 36.8 Å². The van der Waals surface area contributed by atoms with E-state index in [4.69, 9.17) is 4.74 Å². The lowest BCUT2D eigenvalue weighted by molar-refractivity contribution is 0.0594. The van der Waals surface area contributed by atoms with Crippen LogP contribution in [0.15, 0.2) is 41.5 Å². The molecule has 0 aliphatic carbocycles. The van der Waals surface area contributed by atoms with Gasteiger partial charge in [0.1, 0.15) is 18.0 Å². The number of esters is 1. The molecule has 0 fully saturated rings. The van der Waals surface area contributed by atoms with Crippen LogP contribution in [0.25, 0.3) is 22.4 Å². The van der Waals surface area contributed by atoms with Crippen molar-refractivity contribution >= 4 is 28.4 Å². The molecule has 3 aromatic heterocycles. The molecule has 0 atom stereocenters. The molecule has 0 saturated carbocycles. The summed E-state index contributed by atoms with van der Waals surface area (Å²) in [6.45, 7) is 3.07. The van der Waals surface area contributed by atoms with Crippen LogP contribution in [-0.2, 0) is 18.8 Å². The van der Waals surface area contributed by atoms with Gasteiger partial charge in [0.15, 0.2) is 5.82 Å². The normalized spacial score (nSPS) is 13.0. The zero-order valence-corrected chi connectivity index (χ0v) is 18.7. The van der Waals surface area contributed by atoms with Gasteiger partial charge in [-0.1, -0.05) is 0 Å². The number of anilines is 2. The Morgan fingerprint density at radius 3 is 2.67 bits per heavy atom. The first-order chi connectivity index (χ1) is 15.9. The van der Waals surface area contributed by atoms with Crippen LogP contribution in [0.1, 0.15) is 16.1 Å². The molecule has 0 amide bonds. The van der Waals surface area contributed by atoms with E-state index in [-0.39, 0.29) is 11.4 Å². The molecule has 1 aromatic carbocycles. The quantitative estimate of drug-likeness (QED) is 0.442. The lowest BCUT2D eigenvalue weighted by Crippen LogP contribution is -2.29. The fourth-order valence-electron chi connectivity index (χ4n) is 4.18. The molecule has 0 radical (unpaired) electrons. The number of fused-ring (bicyclic) bond motifs is 2. The molecular formula is C23H22N6O4. The molecule has 168 valence electrons. The zero-order chi connectivity index (χ0) is 23.3. The second kappa shape index (κ2) is 7.73. The van der Waals surface area contributed by atoms with Crippen molar-refractivity contribution in [3.63, 3.8) is 0 Å². The number of methoxy groups -OCH3 is 1. The van der Waals surface area contributed by atoms with Gasteiger partial charge in [-0.2, -0.15) is 4.98 Å². The van der Waals surface area contributed by atoms with Crippen molar-refractivity contribution in [2.75, 3.05) is 25.2 Å². The Labute approximate surface area is 189 Å². The van der Waals surface area contributed by atoms with E-state index < -0.39 is 5.97 Å². The van der Waals surface area contributed by atoms with Crippen molar-refractivity contribution in [2.45, 2.75) is 6.92 Å². The molecule has 10 nitrogen and oxygen atoms in total. The van der Waals surface area contributed by atoms with E-state index in [1.807, 2.05) is 13.0 Å². The Morgan fingerprint density at radius 1 is 1.12 bits per heavy atom. The van der Waals surface area contributed by atoms with Crippen LogP contribution in [0.2, 0.25) is 0 Å². The number of carbonyl (C=O) groups excluding carboxylic acids is 1. The molecule has 1 aliphatic rings. The predicted molar refractivity (Wildman–Crippen MR) is 122 cm³/mol. The predicted octanol–water partition coefficient (Wildman–Crippen LogP) is 2.35. The van der Waals surface area contributed by atoms with Gasteiger partial charge in [-0.25, -0.2) is 19.6 Å². The van der Waals surface area contributed by atoms with E-state index >= 15 is 0 Å². The minimum atomic E-state index is -0.505. The first-order valence-electron chi connectivity index (χ1n) is 10.4. The van der Waals surface area contributed by atoms with Crippen LogP contribution in [-0.4, -0.2) is 50.3 Å². The van der Waals surface area contributed by atoms with Crippen LogP contribution in [0.3, 0.4) is 0 Å².